The van der Waals surface area contributed by atoms with Crippen LogP contribution in [0.3, 0.4) is 0 Å². The average molecular weight is 401 g/mol. The molecule has 1 fully saturated rings. The van der Waals surface area contributed by atoms with Gasteiger partial charge in [-0.1, -0.05) is 38.5 Å². The van der Waals surface area contributed by atoms with E-state index in [2.05, 4.69) is 15.6 Å². The summed E-state index contributed by atoms with van der Waals surface area (Å²) >= 11 is 1.29. The second-order valence-corrected chi connectivity index (χ2v) is 10.6. The van der Waals surface area contributed by atoms with Crippen LogP contribution in [0.2, 0.25) is 0 Å². The molecule has 1 aromatic heterocycles. The third kappa shape index (κ3) is 6.25. The van der Waals surface area contributed by atoms with E-state index in [1.807, 2.05) is 6.07 Å². The first-order valence-electron chi connectivity index (χ1n) is 9.39. The summed E-state index contributed by atoms with van der Waals surface area (Å²) in [7, 11) is 1.50. The van der Waals surface area contributed by atoms with Gasteiger partial charge in [0, 0.05) is 32.6 Å². The molecule has 0 aliphatic heterocycles. The highest BCUT2D eigenvalue weighted by Gasteiger charge is 2.19. The molecule has 1 aromatic rings. The molecule has 148 valence electrons. The van der Waals surface area contributed by atoms with Crippen molar-refractivity contribution in [3.8, 4) is 0 Å². The van der Waals surface area contributed by atoms with Crippen molar-refractivity contribution in [2.75, 3.05) is 27.7 Å². The first-order chi connectivity index (χ1) is 12.4. The van der Waals surface area contributed by atoms with E-state index in [1.165, 1.54) is 54.2 Å². The Labute approximate surface area is 162 Å². The zero-order chi connectivity index (χ0) is 19.0. The van der Waals surface area contributed by atoms with Crippen molar-refractivity contribution in [2.24, 2.45) is 10.9 Å². The summed E-state index contributed by atoms with van der Waals surface area (Å²) < 4.78 is 25.8. The van der Waals surface area contributed by atoms with Gasteiger partial charge in [-0.15, -0.1) is 11.3 Å². The number of aliphatic imine (C=N–C) groups is 1. The summed E-state index contributed by atoms with van der Waals surface area (Å²) in [6.07, 6.45) is 9.45. The van der Waals surface area contributed by atoms with Crippen LogP contribution >= 0.6 is 11.3 Å². The Morgan fingerprint density at radius 1 is 1.23 bits per heavy atom. The van der Waals surface area contributed by atoms with Crippen LogP contribution < -0.4 is 10.6 Å². The van der Waals surface area contributed by atoms with Crippen molar-refractivity contribution in [3.05, 3.63) is 17.0 Å². The Morgan fingerprint density at radius 3 is 2.62 bits per heavy atom. The fourth-order valence-electron chi connectivity index (χ4n) is 3.23. The number of guanidine groups is 1. The molecule has 1 heterocycles. The fourth-order valence-corrected chi connectivity index (χ4v) is 5.69. The lowest BCUT2D eigenvalue weighted by atomic mass is 10.0. The van der Waals surface area contributed by atoms with E-state index in [0.29, 0.717) is 10.8 Å². The van der Waals surface area contributed by atoms with Crippen molar-refractivity contribution >= 4 is 27.3 Å². The summed E-state index contributed by atoms with van der Waals surface area (Å²) in [6, 6.07) is 3.51. The molecule has 8 heteroatoms. The maximum atomic E-state index is 12.1. The fraction of sp³-hybridized carbons (Fsp3) is 0.722. The predicted molar refractivity (Wildman–Crippen MR) is 109 cm³/mol. The Hall–Kier alpha value is -1.12. The standard InChI is InChI=1S/C18H32N4O2S2/c1-19-18(20-13-7-6-10-15-8-4-5-9-15)21-14-16-11-12-17(25-16)26(23,24)22(2)3/h11-12,15H,4-10,13-14H2,1-3H3,(H2,19,20,21). The number of hydrogen-bond donors (Lipinski definition) is 2. The topological polar surface area (TPSA) is 73.8 Å². The molecule has 1 saturated carbocycles. The first kappa shape index (κ1) is 21.2. The molecule has 1 aliphatic rings. The minimum atomic E-state index is -3.35. The van der Waals surface area contributed by atoms with E-state index in [9.17, 15) is 8.42 Å². The van der Waals surface area contributed by atoms with Crippen molar-refractivity contribution in [3.63, 3.8) is 0 Å². The zero-order valence-corrected chi connectivity index (χ0v) is 17.8. The van der Waals surface area contributed by atoms with Gasteiger partial charge in [0.05, 0.1) is 6.54 Å². The summed E-state index contributed by atoms with van der Waals surface area (Å²) in [6.45, 7) is 1.48. The number of rotatable bonds is 9. The third-order valence-electron chi connectivity index (χ3n) is 4.83. The van der Waals surface area contributed by atoms with Gasteiger partial charge in [-0.25, -0.2) is 12.7 Å². The van der Waals surface area contributed by atoms with Crippen LogP contribution in [0.5, 0.6) is 0 Å². The molecule has 0 saturated heterocycles. The minimum absolute atomic E-state index is 0.370. The van der Waals surface area contributed by atoms with Crippen LogP contribution in [0.1, 0.15) is 49.8 Å². The van der Waals surface area contributed by atoms with E-state index >= 15 is 0 Å². The van der Waals surface area contributed by atoms with Crippen molar-refractivity contribution in [2.45, 2.75) is 55.7 Å². The van der Waals surface area contributed by atoms with Gasteiger partial charge in [-0.05, 0) is 24.5 Å². The van der Waals surface area contributed by atoms with Crippen LogP contribution in [-0.4, -0.2) is 46.4 Å². The number of thiophene rings is 1. The first-order valence-corrected chi connectivity index (χ1v) is 11.6. The highest BCUT2D eigenvalue weighted by molar-refractivity contribution is 7.91. The number of unbranched alkanes of at least 4 members (excludes halogenated alkanes) is 1. The lowest BCUT2D eigenvalue weighted by Crippen LogP contribution is -2.37. The van der Waals surface area contributed by atoms with E-state index in [1.54, 1.807) is 27.2 Å². The van der Waals surface area contributed by atoms with Crippen molar-refractivity contribution < 1.29 is 8.42 Å². The maximum Gasteiger partial charge on any atom is 0.252 e. The third-order valence-corrected chi connectivity index (χ3v) is 8.20. The van der Waals surface area contributed by atoms with E-state index < -0.39 is 10.0 Å². The van der Waals surface area contributed by atoms with Gasteiger partial charge < -0.3 is 10.6 Å². The Bertz CT molecular complexity index is 677. The number of nitrogens with one attached hydrogen (secondary N) is 2. The van der Waals surface area contributed by atoms with Crippen LogP contribution in [-0.2, 0) is 16.6 Å². The summed E-state index contributed by atoms with van der Waals surface area (Å²) in [5.41, 5.74) is 0. The zero-order valence-electron chi connectivity index (χ0n) is 16.1. The normalized spacial score (nSPS) is 16.4. The van der Waals surface area contributed by atoms with Crippen molar-refractivity contribution in [1.29, 1.82) is 0 Å². The van der Waals surface area contributed by atoms with E-state index in [4.69, 9.17) is 0 Å². The Morgan fingerprint density at radius 2 is 1.96 bits per heavy atom. The van der Waals surface area contributed by atoms with Gasteiger partial charge in [0.2, 0.25) is 0 Å². The molecule has 26 heavy (non-hydrogen) atoms. The van der Waals surface area contributed by atoms with Gasteiger partial charge in [0.15, 0.2) is 5.96 Å². The smallest absolute Gasteiger partial charge is 0.252 e. The highest BCUT2D eigenvalue weighted by Crippen LogP contribution is 2.28. The number of nitrogens with zero attached hydrogens (tertiary/aromatic N) is 2. The van der Waals surface area contributed by atoms with Gasteiger partial charge in [-0.2, -0.15) is 0 Å². The SMILES string of the molecule is CN=C(NCCCCC1CCCC1)NCc1ccc(S(=O)(=O)N(C)C)s1. The van der Waals surface area contributed by atoms with Crippen LogP contribution in [0.4, 0.5) is 0 Å². The second kappa shape index (κ2) is 10.3. The van der Waals surface area contributed by atoms with Crippen LogP contribution in [0, 0.1) is 5.92 Å². The van der Waals surface area contributed by atoms with Gasteiger partial charge in [-0.3, -0.25) is 4.99 Å². The Kier molecular flexibility index (Phi) is 8.37. The largest absolute Gasteiger partial charge is 0.356 e. The summed E-state index contributed by atoms with van der Waals surface area (Å²) in [5, 5.41) is 6.59. The Balaban J connectivity index is 1.69. The highest BCUT2D eigenvalue weighted by atomic mass is 32.2. The molecular weight excluding hydrogens is 368 g/mol. The quantitative estimate of drug-likeness (QED) is 0.380. The molecule has 0 bridgehead atoms. The molecule has 2 N–H and O–H groups in total. The lowest BCUT2D eigenvalue weighted by molar-refractivity contribution is 0.472. The van der Waals surface area contributed by atoms with Gasteiger partial charge >= 0.3 is 0 Å². The minimum Gasteiger partial charge on any atom is -0.356 e. The van der Waals surface area contributed by atoms with E-state index in [0.717, 1.165) is 29.7 Å². The lowest BCUT2D eigenvalue weighted by Gasteiger charge is -2.12. The molecule has 6 nitrogen and oxygen atoms in total. The average Bonchev–Trinajstić information content (AvgIpc) is 3.29. The second-order valence-electron chi connectivity index (χ2n) is 7.01. The molecule has 0 amide bonds. The maximum absolute atomic E-state index is 12.1. The molecular formula is C18H32N4O2S2. The van der Waals surface area contributed by atoms with Gasteiger partial charge in [0.1, 0.15) is 4.21 Å². The van der Waals surface area contributed by atoms with E-state index in [-0.39, 0.29) is 0 Å². The molecule has 1 aliphatic carbocycles. The molecule has 2 rings (SSSR count). The summed E-state index contributed by atoms with van der Waals surface area (Å²) in [5.74, 6) is 1.72. The monoisotopic (exact) mass is 400 g/mol. The summed E-state index contributed by atoms with van der Waals surface area (Å²) in [4.78, 5) is 5.20. The number of hydrogen-bond acceptors (Lipinski definition) is 4. The van der Waals surface area contributed by atoms with Crippen molar-refractivity contribution in [1.82, 2.24) is 14.9 Å². The number of sulfonamides is 1. The molecule has 0 unspecified atom stereocenters. The van der Waals surface area contributed by atoms with Crippen LogP contribution in [0.25, 0.3) is 0 Å². The van der Waals surface area contributed by atoms with Crippen LogP contribution in [0.15, 0.2) is 21.3 Å². The predicted octanol–water partition coefficient (Wildman–Crippen LogP) is 3.02. The molecule has 0 radical (unpaired) electrons. The molecule has 0 atom stereocenters. The molecule has 0 aromatic carbocycles. The van der Waals surface area contributed by atoms with Gasteiger partial charge in [0.25, 0.3) is 10.0 Å². The molecule has 0 spiro atoms.